The van der Waals surface area contributed by atoms with Crippen LogP contribution in [0, 0.1) is 0 Å². The molecule has 0 aliphatic carbocycles. The summed E-state index contributed by atoms with van der Waals surface area (Å²) in [6.07, 6.45) is 0. The number of amides is 2. The second kappa shape index (κ2) is 10.8. The minimum absolute atomic E-state index is 0.0367. The monoisotopic (exact) mass is 476 g/mol. The molecule has 29 heavy (non-hydrogen) atoms. The van der Waals surface area contributed by atoms with Crippen LogP contribution in [-0.4, -0.2) is 34.0 Å². The fraction of sp³-hybridized carbons (Fsp3) is 0.391. The van der Waals surface area contributed by atoms with Gasteiger partial charge in [0.05, 0.1) is 5.75 Å². The number of nitrogens with one attached hydrogen (secondary N) is 1. The summed E-state index contributed by atoms with van der Waals surface area (Å²) in [5, 5.41) is 2.98. The predicted octanol–water partition coefficient (Wildman–Crippen LogP) is 5.01. The van der Waals surface area contributed by atoms with Crippen LogP contribution < -0.4 is 5.32 Å². The van der Waals surface area contributed by atoms with Crippen molar-refractivity contribution in [1.29, 1.82) is 0 Å². The largest absolute Gasteiger partial charge is 0.350 e. The molecule has 0 unspecified atom stereocenters. The Bertz CT molecular complexity index is 804. The van der Waals surface area contributed by atoms with Crippen molar-refractivity contribution < 1.29 is 9.59 Å². The van der Waals surface area contributed by atoms with E-state index in [1.807, 2.05) is 63.2 Å². The molecule has 2 aromatic rings. The lowest BCUT2D eigenvalue weighted by atomic mass is 10.1. The third-order valence-electron chi connectivity index (χ3n) is 4.27. The molecule has 0 radical (unpaired) electrons. The molecule has 0 spiro atoms. The molecule has 4 nitrogen and oxygen atoms in total. The molecule has 156 valence electrons. The SMILES string of the molecule is C[C@H](C(=O)NC(C)(C)C)N(Cc1ccc(Br)cc1)C(=O)CSCc1ccccc1. The van der Waals surface area contributed by atoms with Gasteiger partial charge in [0.25, 0.3) is 0 Å². The summed E-state index contributed by atoms with van der Waals surface area (Å²) >= 11 is 5.00. The molecule has 0 aromatic heterocycles. The minimum Gasteiger partial charge on any atom is -0.350 e. The fourth-order valence-electron chi connectivity index (χ4n) is 2.76. The van der Waals surface area contributed by atoms with Crippen molar-refractivity contribution >= 4 is 39.5 Å². The van der Waals surface area contributed by atoms with Crippen LogP contribution >= 0.6 is 27.7 Å². The molecule has 2 aromatic carbocycles. The Morgan fingerprint density at radius 3 is 2.24 bits per heavy atom. The van der Waals surface area contributed by atoms with Crippen LogP contribution in [0.1, 0.15) is 38.8 Å². The summed E-state index contributed by atoms with van der Waals surface area (Å²) in [4.78, 5) is 27.4. The van der Waals surface area contributed by atoms with Gasteiger partial charge in [-0.15, -0.1) is 11.8 Å². The van der Waals surface area contributed by atoms with E-state index in [0.29, 0.717) is 12.3 Å². The van der Waals surface area contributed by atoms with Gasteiger partial charge in [0, 0.05) is 22.3 Å². The summed E-state index contributed by atoms with van der Waals surface area (Å²) < 4.78 is 0.982. The molecular weight excluding hydrogens is 448 g/mol. The Balaban J connectivity index is 2.08. The molecule has 2 rings (SSSR count). The average molecular weight is 477 g/mol. The second-order valence-electron chi connectivity index (χ2n) is 8.04. The Hall–Kier alpha value is -1.79. The summed E-state index contributed by atoms with van der Waals surface area (Å²) in [7, 11) is 0. The molecule has 0 saturated carbocycles. The number of carbonyl (C=O) groups excluding carboxylic acids is 2. The summed E-state index contributed by atoms with van der Waals surface area (Å²) in [5.74, 6) is 0.918. The Labute approximate surface area is 186 Å². The summed E-state index contributed by atoms with van der Waals surface area (Å²) in [5.41, 5.74) is 1.83. The Kier molecular flexibility index (Phi) is 8.78. The zero-order valence-corrected chi connectivity index (χ0v) is 19.8. The molecule has 1 atom stereocenters. The standard InChI is InChI=1S/C23H29BrN2O2S/c1-17(22(28)25-23(2,3)4)26(14-18-10-12-20(24)13-11-18)21(27)16-29-15-19-8-6-5-7-9-19/h5-13,17H,14-16H2,1-4H3,(H,25,28)/t17-/m1/s1. The van der Waals surface area contributed by atoms with E-state index in [0.717, 1.165) is 15.8 Å². The van der Waals surface area contributed by atoms with Crippen molar-refractivity contribution in [2.45, 2.75) is 51.6 Å². The highest BCUT2D eigenvalue weighted by molar-refractivity contribution is 9.10. The van der Waals surface area contributed by atoms with Gasteiger partial charge >= 0.3 is 0 Å². The maximum Gasteiger partial charge on any atom is 0.242 e. The van der Waals surface area contributed by atoms with Gasteiger partial charge in [-0.2, -0.15) is 0 Å². The molecule has 0 aliphatic rings. The molecule has 2 amide bonds. The first kappa shape index (κ1) is 23.5. The molecular formula is C23H29BrN2O2S. The van der Waals surface area contributed by atoms with Gasteiger partial charge in [0.1, 0.15) is 6.04 Å². The number of hydrogen-bond donors (Lipinski definition) is 1. The van der Waals surface area contributed by atoms with Crippen molar-refractivity contribution in [3.05, 3.63) is 70.2 Å². The van der Waals surface area contributed by atoms with Gasteiger partial charge in [0.15, 0.2) is 0 Å². The third-order valence-corrected chi connectivity index (χ3v) is 5.79. The second-order valence-corrected chi connectivity index (χ2v) is 9.94. The van der Waals surface area contributed by atoms with Crippen molar-refractivity contribution in [2.75, 3.05) is 5.75 Å². The summed E-state index contributed by atoms with van der Waals surface area (Å²) in [6.45, 7) is 8.01. The summed E-state index contributed by atoms with van der Waals surface area (Å²) in [6, 6.07) is 17.4. The average Bonchev–Trinajstić information content (AvgIpc) is 2.66. The van der Waals surface area contributed by atoms with Gasteiger partial charge in [-0.05, 0) is 51.0 Å². The molecule has 1 N–H and O–H groups in total. The molecule has 0 aliphatic heterocycles. The predicted molar refractivity (Wildman–Crippen MR) is 125 cm³/mol. The van der Waals surface area contributed by atoms with Gasteiger partial charge in [0.2, 0.25) is 11.8 Å². The van der Waals surface area contributed by atoms with E-state index >= 15 is 0 Å². The van der Waals surface area contributed by atoms with Gasteiger partial charge in [-0.1, -0.05) is 58.4 Å². The lowest BCUT2D eigenvalue weighted by Gasteiger charge is -2.31. The van der Waals surface area contributed by atoms with Crippen molar-refractivity contribution in [2.24, 2.45) is 0 Å². The van der Waals surface area contributed by atoms with Gasteiger partial charge in [-0.3, -0.25) is 9.59 Å². The fourth-order valence-corrected chi connectivity index (χ4v) is 3.89. The highest BCUT2D eigenvalue weighted by Crippen LogP contribution is 2.18. The van der Waals surface area contributed by atoms with E-state index in [1.165, 1.54) is 5.56 Å². The van der Waals surface area contributed by atoms with Gasteiger partial charge < -0.3 is 10.2 Å². The van der Waals surface area contributed by atoms with E-state index in [4.69, 9.17) is 0 Å². The quantitative estimate of drug-likeness (QED) is 0.581. The number of halogens is 1. The first-order chi connectivity index (χ1) is 13.7. The minimum atomic E-state index is -0.553. The number of benzene rings is 2. The van der Waals surface area contributed by atoms with Crippen molar-refractivity contribution in [3.8, 4) is 0 Å². The molecule has 0 fully saturated rings. The topological polar surface area (TPSA) is 49.4 Å². The Morgan fingerprint density at radius 1 is 1.03 bits per heavy atom. The van der Waals surface area contributed by atoms with Crippen molar-refractivity contribution in [3.63, 3.8) is 0 Å². The smallest absolute Gasteiger partial charge is 0.242 e. The van der Waals surface area contributed by atoms with Crippen LogP contribution in [0.25, 0.3) is 0 Å². The lowest BCUT2D eigenvalue weighted by Crippen LogP contribution is -2.52. The first-order valence-electron chi connectivity index (χ1n) is 9.63. The van der Waals surface area contributed by atoms with Crippen molar-refractivity contribution in [1.82, 2.24) is 10.2 Å². The number of nitrogens with zero attached hydrogens (tertiary/aromatic N) is 1. The number of hydrogen-bond acceptors (Lipinski definition) is 3. The van der Waals surface area contributed by atoms with Crippen LogP contribution in [-0.2, 0) is 21.9 Å². The highest BCUT2D eigenvalue weighted by Gasteiger charge is 2.28. The zero-order chi connectivity index (χ0) is 21.4. The molecule has 6 heteroatoms. The van der Waals surface area contributed by atoms with Crippen LogP contribution in [0.5, 0.6) is 0 Å². The molecule has 0 saturated heterocycles. The van der Waals surface area contributed by atoms with E-state index < -0.39 is 6.04 Å². The van der Waals surface area contributed by atoms with E-state index in [2.05, 4.69) is 33.4 Å². The lowest BCUT2D eigenvalue weighted by molar-refractivity contribution is -0.139. The molecule has 0 bridgehead atoms. The third kappa shape index (κ3) is 8.23. The molecule has 0 heterocycles. The van der Waals surface area contributed by atoms with Crippen LogP contribution in [0.2, 0.25) is 0 Å². The van der Waals surface area contributed by atoms with Crippen LogP contribution in [0.15, 0.2) is 59.1 Å². The normalized spacial score (nSPS) is 12.3. The number of carbonyl (C=O) groups is 2. The maximum atomic E-state index is 13.0. The number of thioether (sulfide) groups is 1. The van der Waals surface area contributed by atoms with E-state index in [-0.39, 0.29) is 17.4 Å². The number of rotatable bonds is 8. The van der Waals surface area contributed by atoms with E-state index in [1.54, 1.807) is 23.6 Å². The first-order valence-corrected chi connectivity index (χ1v) is 11.6. The highest BCUT2D eigenvalue weighted by atomic mass is 79.9. The Morgan fingerprint density at radius 2 is 1.66 bits per heavy atom. The van der Waals surface area contributed by atoms with Gasteiger partial charge in [-0.25, -0.2) is 0 Å². The van der Waals surface area contributed by atoms with E-state index in [9.17, 15) is 9.59 Å². The van der Waals surface area contributed by atoms with Crippen LogP contribution in [0.3, 0.4) is 0 Å². The zero-order valence-electron chi connectivity index (χ0n) is 17.4. The van der Waals surface area contributed by atoms with Crippen LogP contribution in [0.4, 0.5) is 0 Å². The maximum absolute atomic E-state index is 13.0.